The number of rotatable bonds is 4. The van der Waals surface area contributed by atoms with Crippen LogP contribution in [0.1, 0.15) is 19.7 Å². The molecular formula is C18H21F3N4OS. The van der Waals surface area contributed by atoms with Crippen LogP contribution >= 0.6 is 11.8 Å². The van der Waals surface area contributed by atoms with Gasteiger partial charge in [0.2, 0.25) is 11.7 Å². The van der Waals surface area contributed by atoms with Crippen molar-refractivity contribution in [1.29, 1.82) is 0 Å². The highest BCUT2D eigenvalue weighted by molar-refractivity contribution is 8.00. The number of fused-ring (bicyclic) bond motifs is 1. The van der Waals surface area contributed by atoms with E-state index in [9.17, 15) is 18.0 Å². The topological polar surface area (TPSA) is 49.3 Å². The minimum atomic E-state index is -4.64. The smallest absolute Gasteiger partial charge is 0.339 e. The molecule has 1 saturated heterocycles. The lowest BCUT2D eigenvalue weighted by Gasteiger charge is -2.35. The number of aromatic nitrogens is 2. The summed E-state index contributed by atoms with van der Waals surface area (Å²) < 4.78 is 39.4. The summed E-state index contributed by atoms with van der Waals surface area (Å²) in [6.07, 6.45) is -4.64. The molecule has 0 saturated carbocycles. The van der Waals surface area contributed by atoms with Gasteiger partial charge in [0.1, 0.15) is 5.03 Å². The van der Waals surface area contributed by atoms with Crippen LogP contribution in [0.15, 0.2) is 29.3 Å². The number of hydrogen-bond acceptors (Lipinski definition) is 5. The Hall–Kier alpha value is -1.87. The number of amides is 1. The fraction of sp³-hybridized carbons (Fsp3) is 0.500. The summed E-state index contributed by atoms with van der Waals surface area (Å²) >= 11 is 1.06. The highest BCUT2D eigenvalue weighted by atomic mass is 32.2. The zero-order chi connectivity index (χ0) is 19.6. The van der Waals surface area contributed by atoms with E-state index in [1.165, 1.54) is 6.07 Å². The lowest BCUT2D eigenvalue weighted by Crippen LogP contribution is -2.50. The molecule has 9 heteroatoms. The van der Waals surface area contributed by atoms with Crippen molar-refractivity contribution in [2.75, 3.05) is 32.7 Å². The molecule has 1 aliphatic rings. The van der Waals surface area contributed by atoms with Gasteiger partial charge >= 0.3 is 6.18 Å². The molecule has 0 unspecified atom stereocenters. The molecule has 0 N–H and O–H groups in total. The minimum absolute atomic E-state index is 0.0768. The molecule has 3 rings (SSSR count). The average Bonchev–Trinajstić information content (AvgIpc) is 2.66. The van der Waals surface area contributed by atoms with E-state index in [2.05, 4.69) is 21.8 Å². The molecule has 1 aromatic carbocycles. The van der Waals surface area contributed by atoms with Crippen molar-refractivity contribution in [2.45, 2.75) is 30.3 Å². The number of para-hydroxylation sites is 1. The van der Waals surface area contributed by atoms with Crippen molar-refractivity contribution < 1.29 is 18.0 Å². The van der Waals surface area contributed by atoms with Crippen LogP contribution in [-0.4, -0.2) is 63.6 Å². The largest absolute Gasteiger partial charge is 0.451 e. The Kier molecular flexibility index (Phi) is 5.90. The first-order chi connectivity index (χ1) is 12.8. The predicted octanol–water partition coefficient (Wildman–Crippen LogP) is 3.29. The van der Waals surface area contributed by atoms with Crippen LogP contribution in [0.5, 0.6) is 0 Å². The second-order valence-electron chi connectivity index (χ2n) is 6.39. The van der Waals surface area contributed by atoms with Crippen molar-refractivity contribution in [3.63, 3.8) is 0 Å². The summed E-state index contributed by atoms with van der Waals surface area (Å²) in [6, 6.07) is 6.55. The van der Waals surface area contributed by atoms with Gasteiger partial charge in [-0.1, -0.05) is 36.9 Å². The third-order valence-corrected chi connectivity index (χ3v) is 5.68. The van der Waals surface area contributed by atoms with Gasteiger partial charge in [-0.3, -0.25) is 4.79 Å². The number of alkyl halides is 3. The van der Waals surface area contributed by atoms with Crippen LogP contribution in [0.4, 0.5) is 13.2 Å². The molecule has 2 heterocycles. The summed E-state index contributed by atoms with van der Waals surface area (Å²) in [5.41, 5.74) is 0.221. The molecule has 2 aromatic rings. The summed E-state index contributed by atoms with van der Waals surface area (Å²) in [6.45, 7) is 7.63. The number of piperazine rings is 1. The molecule has 1 aromatic heterocycles. The first-order valence-corrected chi connectivity index (χ1v) is 9.69. The van der Waals surface area contributed by atoms with E-state index in [0.29, 0.717) is 18.5 Å². The van der Waals surface area contributed by atoms with Gasteiger partial charge in [-0.2, -0.15) is 13.2 Å². The number of likely N-dealkylation sites (N-methyl/N-ethyl adjacent to an activating group) is 1. The van der Waals surface area contributed by atoms with Crippen LogP contribution in [0.25, 0.3) is 10.9 Å². The number of thioether (sulfide) groups is 1. The summed E-state index contributed by atoms with van der Waals surface area (Å²) in [5.74, 6) is -1.26. The standard InChI is InChI=1S/C18H21F3N4OS/c1-3-24-8-10-25(11-9-24)16(26)12(2)27-15-13-6-4-5-7-14(13)22-17(23-15)18(19,20)21/h4-7,12H,3,8-11H2,1-2H3/t12-/m0/s1. The number of nitrogens with zero attached hydrogens (tertiary/aromatic N) is 4. The fourth-order valence-electron chi connectivity index (χ4n) is 3.02. The monoisotopic (exact) mass is 398 g/mol. The maximum Gasteiger partial charge on any atom is 0.451 e. The SMILES string of the molecule is CCN1CCN(C(=O)[C@H](C)Sc2nc(C(F)(F)F)nc3ccccc23)CC1. The molecule has 1 fully saturated rings. The maximum absolute atomic E-state index is 13.1. The molecule has 146 valence electrons. The van der Waals surface area contributed by atoms with E-state index in [1.807, 2.05) is 0 Å². The first-order valence-electron chi connectivity index (χ1n) is 8.81. The number of benzene rings is 1. The number of carbonyl (C=O) groups is 1. The van der Waals surface area contributed by atoms with E-state index in [4.69, 9.17) is 0 Å². The molecule has 1 aliphatic heterocycles. The Morgan fingerprint density at radius 3 is 2.48 bits per heavy atom. The third kappa shape index (κ3) is 4.52. The van der Waals surface area contributed by atoms with E-state index in [-0.39, 0.29) is 16.4 Å². The van der Waals surface area contributed by atoms with Crippen LogP contribution < -0.4 is 0 Å². The van der Waals surface area contributed by atoms with Crippen molar-refractivity contribution >= 4 is 28.6 Å². The van der Waals surface area contributed by atoms with Crippen LogP contribution in [0.2, 0.25) is 0 Å². The third-order valence-electron chi connectivity index (χ3n) is 4.59. The number of hydrogen-bond donors (Lipinski definition) is 0. The summed E-state index contributed by atoms with van der Waals surface area (Å²) in [4.78, 5) is 24.1. The van der Waals surface area contributed by atoms with Gasteiger partial charge in [0, 0.05) is 31.6 Å². The van der Waals surface area contributed by atoms with E-state index in [0.717, 1.165) is 31.4 Å². The molecule has 0 aliphatic carbocycles. The van der Waals surface area contributed by atoms with Crippen molar-refractivity contribution in [2.24, 2.45) is 0 Å². The Morgan fingerprint density at radius 1 is 1.19 bits per heavy atom. The maximum atomic E-state index is 13.1. The van der Waals surface area contributed by atoms with Gasteiger partial charge in [0.05, 0.1) is 10.8 Å². The predicted molar refractivity (Wildman–Crippen MR) is 98.6 cm³/mol. The lowest BCUT2D eigenvalue weighted by molar-refractivity contribution is -0.145. The van der Waals surface area contributed by atoms with Gasteiger partial charge < -0.3 is 9.80 Å². The zero-order valence-corrected chi connectivity index (χ0v) is 16.0. The van der Waals surface area contributed by atoms with Gasteiger partial charge in [-0.05, 0) is 19.5 Å². The molecule has 0 bridgehead atoms. The fourth-order valence-corrected chi connectivity index (χ4v) is 4.05. The Morgan fingerprint density at radius 2 is 1.85 bits per heavy atom. The van der Waals surface area contributed by atoms with E-state index < -0.39 is 17.3 Å². The minimum Gasteiger partial charge on any atom is -0.339 e. The Bertz CT molecular complexity index is 822. The molecule has 1 atom stereocenters. The summed E-state index contributed by atoms with van der Waals surface area (Å²) in [5, 5.41) is 0.171. The molecule has 5 nitrogen and oxygen atoms in total. The molecule has 0 radical (unpaired) electrons. The molecule has 1 amide bonds. The molecule has 0 spiro atoms. The molecule has 27 heavy (non-hydrogen) atoms. The highest BCUT2D eigenvalue weighted by Crippen LogP contribution is 2.34. The van der Waals surface area contributed by atoms with Crippen LogP contribution in [0, 0.1) is 0 Å². The normalized spacial score (nSPS) is 17.3. The first kappa shape index (κ1) is 19.9. The van der Waals surface area contributed by atoms with Gasteiger partial charge in [0.25, 0.3) is 0 Å². The average molecular weight is 398 g/mol. The summed E-state index contributed by atoms with van der Waals surface area (Å²) in [7, 11) is 0. The Labute approximate surface area is 159 Å². The van der Waals surface area contributed by atoms with Crippen molar-refractivity contribution in [3.8, 4) is 0 Å². The lowest BCUT2D eigenvalue weighted by atomic mass is 10.2. The highest BCUT2D eigenvalue weighted by Gasteiger charge is 2.36. The van der Waals surface area contributed by atoms with E-state index >= 15 is 0 Å². The number of halogens is 3. The van der Waals surface area contributed by atoms with Gasteiger partial charge in [-0.15, -0.1) is 0 Å². The number of carbonyl (C=O) groups excluding carboxylic acids is 1. The zero-order valence-electron chi connectivity index (χ0n) is 15.2. The quantitative estimate of drug-likeness (QED) is 0.584. The van der Waals surface area contributed by atoms with Gasteiger partial charge in [-0.25, -0.2) is 9.97 Å². The second-order valence-corrected chi connectivity index (χ2v) is 7.72. The molecular weight excluding hydrogens is 377 g/mol. The van der Waals surface area contributed by atoms with Crippen molar-refractivity contribution in [1.82, 2.24) is 19.8 Å². The van der Waals surface area contributed by atoms with Crippen LogP contribution in [0.3, 0.4) is 0 Å². The van der Waals surface area contributed by atoms with Gasteiger partial charge in [0.15, 0.2) is 0 Å². The van der Waals surface area contributed by atoms with Crippen LogP contribution in [-0.2, 0) is 11.0 Å². The van der Waals surface area contributed by atoms with E-state index in [1.54, 1.807) is 30.0 Å². The van der Waals surface area contributed by atoms with Crippen molar-refractivity contribution in [3.05, 3.63) is 30.1 Å². The second kappa shape index (κ2) is 8.02. The Balaban J connectivity index is 1.82.